The third-order valence-electron chi connectivity index (χ3n) is 8.32. The second kappa shape index (κ2) is 12.8. The van der Waals surface area contributed by atoms with E-state index in [1.54, 1.807) is 6.33 Å². The van der Waals surface area contributed by atoms with Crippen LogP contribution < -0.4 is 9.64 Å². The molecule has 39 heavy (non-hydrogen) atoms. The molecule has 0 spiro atoms. The maximum atomic E-state index is 13.4. The van der Waals surface area contributed by atoms with E-state index in [1.165, 1.54) is 6.42 Å². The molecule has 9 nitrogen and oxygen atoms in total. The molecule has 1 aromatic carbocycles. The normalized spacial score (nSPS) is 20.1. The molecule has 0 bridgehead atoms. The minimum atomic E-state index is 0.179. The second-order valence-corrected chi connectivity index (χ2v) is 10.8. The highest BCUT2D eigenvalue weighted by Gasteiger charge is 2.33. The molecule has 1 amide bonds. The zero-order valence-corrected chi connectivity index (χ0v) is 23.8. The number of anilines is 1. The molecule has 5 rings (SSSR count). The number of hydrogen-bond donors (Lipinski definition) is 0. The molecule has 1 aliphatic heterocycles. The fourth-order valence-corrected chi connectivity index (χ4v) is 6.29. The number of carbonyl (C=O) groups is 1. The van der Waals surface area contributed by atoms with E-state index in [2.05, 4.69) is 49.7 Å². The van der Waals surface area contributed by atoms with Gasteiger partial charge >= 0.3 is 0 Å². The van der Waals surface area contributed by atoms with Gasteiger partial charge in [-0.15, -0.1) is 0 Å². The lowest BCUT2D eigenvalue weighted by molar-refractivity contribution is -0.137. The molecule has 3 heterocycles. The van der Waals surface area contributed by atoms with Gasteiger partial charge in [0.15, 0.2) is 5.65 Å². The average molecular weight is 534 g/mol. The zero-order valence-electron chi connectivity index (χ0n) is 23.8. The summed E-state index contributed by atoms with van der Waals surface area (Å²) in [6.45, 7) is 13.0. The van der Waals surface area contributed by atoms with Crippen LogP contribution >= 0.6 is 0 Å². The van der Waals surface area contributed by atoms with Crippen LogP contribution in [0.2, 0.25) is 0 Å². The van der Waals surface area contributed by atoms with Crippen molar-refractivity contribution in [3.8, 4) is 5.75 Å². The van der Waals surface area contributed by atoms with Crippen LogP contribution in [-0.2, 0) is 11.3 Å². The van der Waals surface area contributed by atoms with Crippen molar-refractivity contribution in [2.24, 2.45) is 5.92 Å². The summed E-state index contributed by atoms with van der Waals surface area (Å²) >= 11 is 0. The first-order valence-corrected chi connectivity index (χ1v) is 14.8. The molecular weight excluding hydrogens is 490 g/mol. The summed E-state index contributed by atoms with van der Waals surface area (Å²) in [6.07, 6.45) is 9.00. The van der Waals surface area contributed by atoms with E-state index in [-0.39, 0.29) is 5.92 Å². The van der Waals surface area contributed by atoms with Gasteiger partial charge in [-0.1, -0.05) is 26.0 Å². The molecule has 0 N–H and O–H groups in total. The zero-order chi connectivity index (χ0) is 27.2. The monoisotopic (exact) mass is 533 g/mol. The number of aromatic nitrogens is 4. The Morgan fingerprint density at radius 1 is 1.05 bits per heavy atom. The minimum absolute atomic E-state index is 0.179. The van der Waals surface area contributed by atoms with Crippen LogP contribution in [0.1, 0.15) is 58.4 Å². The molecule has 2 aliphatic rings. The van der Waals surface area contributed by atoms with Gasteiger partial charge < -0.3 is 19.4 Å². The van der Waals surface area contributed by atoms with Crippen LogP contribution in [0.25, 0.3) is 11.0 Å². The maximum absolute atomic E-state index is 13.4. The number of hydrogen-bond acceptors (Lipinski definition) is 7. The van der Waals surface area contributed by atoms with Crippen LogP contribution in [0, 0.1) is 5.92 Å². The fourth-order valence-electron chi connectivity index (χ4n) is 6.29. The van der Waals surface area contributed by atoms with Crippen molar-refractivity contribution >= 4 is 22.8 Å². The Bertz CT molecular complexity index is 1230. The number of piperazine rings is 1. The predicted molar refractivity (Wildman–Crippen MR) is 154 cm³/mol. The van der Waals surface area contributed by atoms with E-state index < -0.39 is 0 Å². The van der Waals surface area contributed by atoms with Gasteiger partial charge in [0.1, 0.15) is 17.9 Å². The summed E-state index contributed by atoms with van der Waals surface area (Å²) in [7, 11) is 0. The Kier molecular flexibility index (Phi) is 8.96. The highest BCUT2D eigenvalue weighted by Crippen LogP contribution is 2.30. The smallest absolute Gasteiger partial charge is 0.225 e. The summed E-state index contributed by atoms with van der Waals surface area (Å²) in [5.74, 6) is 2.29. The van der Waals surface area contributed by atoms with Gasteiger partial charge in [0.05, 0.1) is 24.7 Å². The van der Waals surface area contributed by atoms with Crippen molar-refractivity contribution in [1.29, 1.82) is 0 Å². The highest BCUT2D eigenvalue weighted by molar-refractivity contribution is 5.87. The first kappa shape index (κ1) is 27.4. The first-order valence-electron chi connectivity index (χ1n) is 14.8. The summed E-state index contributed by atoms with van der Waals surface area (Å²) in [5, 5.41) is 5.59. The number of fused-ring (bicyclic) bond motifs is 1. The Hall–Kier alpha value is -3.20. The number of benzene rings is 1. The Labute approximate surface area is 232 Å². The fraction of sp³-hybridized carbons (Fsp3) is 0.600. The van der Waals surface area contributed by atoms with E-state index in [1.807, 2.05) is 36.0 Å². The van der Waals surface area contributed by atoms with Crippen LogP contribution in [0.3, 0.4) is 0 Å². The lowest BCUT2D eigenvalue weighted by Crippen LogP contribution is -2.51. The van der Waals surface area contributed by atoms with Crippen molar-refractivity contribution in [1.82, 2.24) is 29.5 Å². The van der Waals surface area contributed by atoms with Gasteiger partial charge in [-0.2, -0.15) is 5.10 Å². The van der Waals surface area contributed by atoms with Crippen molar-refractivity contribution < 1.29 is 9.53 Å². The maximum Gasteiger partial charge on any atom is 0.225 e. The standard InChI is InChI=1S/C30H43N7O2/c1-4-14-34(5-2)25-12-10-24(11-13-25)30(38)36-17-15-35(16-18-36)28-27-20-33-37(29(27)32-22-31-28)21-23-8-7-9-26(19-23)39-6-3/h7-9,19-20,22,24-25H,4-6,10-18,21H2,1-3H3/t24-,25-. The largest absolute Gasteiger partial charge is 0.494 e. The SMILES string of the molecule is CCCN(CC)[C@H]1CC[C@H](C(=O)N2CCN(c3ncnc4c3cnn4Cc3cccc(OCC)c3)CC2)CC1. The van der Waals surface area contributed by atoms with Gasteiger partial charge in [0.25, 0.3) is 0 Å². The first-order chi connectivity index (χ1) is 19.1. The summed E-state index contributed by atoms with van der Waals surface area (Å²) < 4.78 is 7.57. The number of amides is 1. The van der Waals surface area contributed by atoms with Gasteiger partial charge in [-0.25, -0.2) is 14.6 Å². The molecule has 1 aliphatic carbocycles. The molecule has 9 heteroatoms. The summed E-state index contributed by atoms with van der Waals surface area (Å²) in [5.41, 5.74) is 1.93. The number of carbonyl (C=O) groups excluding carboxylic acids is 1. The third kappa shape index (κ3) is 6.19. The van der Waals surface area contributed by atoms with E-state index in [0.717, 1.165) is 93.1 Å². The number of rotatable bonds is 10. The number of nitrogens with zero attached hydrogens (tertiary/aromatic N) is 7. The van der Waals surface area contributed by atoms with Crippen molar-refractivity contribution in [2.45, 2.75) is 65.5 Å². The Morgan fingerprint density at radius 2 is 1.85 bits per heavy atom. The van der Waals surface area contributed by atoms with Crippen molar-refractivity contribution in [3.05, 3.63) is 42.4 Å². The minimum Gasteiger partial charge on any atom is -0.494 e. The van der Waals surface area contributed by atoms with Crippen LogP contribution in [-0.4, -0.2) is 87.4 Å². The van der Waals surface area contributed by atoms with Crippen LogP contribution in [0.4, 0.5) is 5.82 Å². The van der Waals surface area contributed by atoms with Gasteiger partial charge in [0, 0.05) is 38.1 Å². The summed E-state index contributed by atoms with van der Waals surface area (Å²) in [6, 6.07) is 8.74. The average Bonchev–Trinajstić information content (AvgIpc) is 3.39. The molecule has 2 fully saturated rings. The molecule has 3 aromatic rings. The molecule has 1 saturated heterocycles. The molecule has 0 unspecified atom stereocenters. The van der Waals surface area contributed by atoms with E-state index in [4.69, 9.17) is 4.74 Å². The van der Waals surface area contributed by atoms with Crippen molar-refractivity contribution in [3.63, 3.8) is 0 Å². The number of ether oxygens (including phenoxy) is 1. The molecule has 210 valence electrons. The summed E-state index contributed by atoms with van der Waals surface area (Å²) in [4.78, 5) is 29.5. The Morgan fingerprint density at radius 3 is 2.56 bits per heavy atom. The van der Waals surface area contributed by atoms with Gasteiger partial charge in [0.2, 0.25) is 5.91 Å². The van der Waals surface area contributed by atoms with Crippen molar-refractivity contribution in [2.75, 3.05) is 50.8 Å². The third-order valence-corrected chi connectivity index (χ3v) is 8.32. The lowest BCUT2D eigenvalue weighted by Gasteiger charge is -2.40. The highest BCUT2D eigenvalue weighted by atomic mass is 16.5. The molecule has 0 atom stereocenters. The van der Waals surface area contributed by atoms with Gasteiger partial charge in [-0.3, -0.25) is 4.79 Å². The topological polar surface area (TPSA) is 79.6 Å². The van der Waals surface area contributed by atoms with Crippen LogP contribution in [0.15, 0.2) is 36.8 Å². The molecule has 1 saturated carbocycles. The lowest BCUT2D eigenvalue weighted by atomic mass is 9.84. The van der Waals surface area contributed by atoms with Gasteiger partial charge in [-0.05, 0) is 69.8 Å². The Balaban J connectivity index is 1.19. The predicted octanol–water partition coefficient (Wildman–Crippen LogP) is 4.21. The van der Waals surface area contributed by atoms with E-state index in [9.17, 15) is 4.79 Å². The molecule has 0 radical (unpaired) electrons. The van der Waals surface area contributed by atoms with Crippen LogP contribution in [0.5, 0.6) is 5.75 Å². The van der Waals surface area contributed by atoms with E-state index in [0.29, 0.717) is 25.1 Å². The molecule has 2 aromatic heterocycles. The quantitative estimate of drug-likeness (QED) is 0.386. The molecular formula is C30H43N7O2. The second-order valence-electron chi connectivity index (χ2n) is 10.8. The van der Waals surface area contributed by atoms with E-state index >= 15 is 0 Å².